The molecule has 1 saturated heterocycles. The normalized spacial score (nSPS) is 15.4. The smallest absolute Gasteiger partial charge is 0.220 e. The van der Waals surface area contributed by atoms with Crippen molar-refractivity contribution in [3.05, 3.63) is 42.1 Å². The Hall–Kier alpha value is -2.63. The number of nitrogens with two attached hydrogens (primary N) is 1. The Labute approximate surface area is 135 Å². The largest absolute Gasteiger partial charge is 0.371 e. The first-order valence-electron chi connectivity index (χ1n) is 7.83. The number of anilines is 3. The maximum Gasteiger partial charge on any atom is 0.220 e. The van der Waals surface area contributed by atoms with Crippen LogP contribution in [0.15, 0.2) is 36.4 Å². The summed E-state index contributed by atoms with van der Waals surface area (Å²) in [6.07, 6.45) is 1.66. The molecule has 6 nitrogen and oxygen atoms in total. The molecule has 6 heteroatoms. The van der Waals surface area contributed by atoms with Crippen molar-refractivity contribution in [2.24, 2.45) is 11.7 Å². The van der Waals surface area contributed by atoms with Gasteiger partial charge in [0, 0.05) is 30.4 Å². The van der Waals surface area contributed by atoms with Gasteiger partial charge >= 0.3 is 0 Å². The number of rotatable bonds is 4. The highest BCUT2D eigenvalue weighted by Gasteiger charge is 2.23. The van der Waals surface area contributed by atoms with Crippen molar-refractivity contribution in [1.82, 2.24) is 10.2 Å². The number of piperidine rings is 1. The molecule has 1 aliphatic heterocycles. The van der Waals surface area contributed by atoms with Crippen molar-refractivity contribution in [3.63, 3.8) is 0 Å². The van der Waals surface area contributed by atoms with E-state index in [1.807, 2.05) is 31.2 Å². The fourth-order valence-corrected chi connectivity index (χ4v) is 2.79. The number of aryl methyl sites for hydroxylation is 1. The van der Waals surface area contributed by atoms with E-state index >= 15 is 0 Å². The molecule has 2 aromatic rings. The molecule has 0 spiro atoms. The number of carbonyl (C=O) groups is 1. The molecule has 120 valence electrons. The van der Waals surface area contributed by atoms with Crippen LogP contribution < -0.4 is 16.0 Å². The first-order chi connectivity index (χ1) is 11.1. The number of nitrogens with one attached hydrogen (secondary N) is 1. The highest BCUT2D eigenvalue weighted by molar-refractivity contribution is 5.77. The number of nitrogens with zero attached hydrogens (tertiary/aromatic N) is 3. The number of aromatic nitrogens is 2. The summed E-state index contributed by atoms with van der Waals surface area (Å²) in [5.41, 5.74) is 8.40. The van der Waals surface area contributed by atoms with Gasteiger partial charge in [0.05, 0.1) is 5.69 Å². The number of hydrogen-bond donors (Lipinski definition) is 2. The monoisotopic (exact) mass is 311 g/mol. The van der Waals surface area contributed by atoms with Crippen LogP contribution in [0.1, 0.15) is 18.5 Å². The molecule has 1 fully saturated rings. The van der Waals surface area contributed by atoms with Gasteiger partial charge < -0.3 is 16.0 Å². The fraction of sp³-hybridized carbons (Fsp3) is 0.353. The third-order valence-electron chi connectivity index (χ3n) is 4.20. The third-order valence-corrected chi connectivity index (χ3v) is 4.20. The minimum atomic E-state index is -0.177. The van der Waals surface area contributed by atoms with Crippen molar-refractivity contribution in [3.8, 4) is 0 Å². The average molecular weight is 311 g/mol. The predicted molar refractivity (Wildman–Crippen MR) is 90.6 cm³/mol. The van der Waals surface area contributed by atoms with Gasteiger partial charge in [-0.3, -0.25) is 4.79 Å². The summed E-state index contributed by atoms with van der Waals surface area (Å²) in [6.45, 7) is 3.64. The SMILES string of the molecule is Cc1ccc(Nc2ccc(N3CCC(C(N)=O)CC3)cc2)nn1. The number of primary amides is 1. The minimum Gasteiger partial charge on any atom is -0.371 e. The molecule has 1 aromatic carbocycles. The predicted octanol–water partition coefficient (Wildman–Crippen LogP) is 2.23. The second-order valence-electron chi connectivity index (χ2n) is 5.90. The molecule has 0 aliphatic carbocycles. The van der Waals surface area contributed by atoms with Gasteiger partial charge in [0.25, 0.3) is 0 Å². The molecule has 23 heavy (non-hydrogen) atoms. The van der Waals surface area contributed by atoms with Crippen LogP contribution in [0.25, 0.3) is 0 Å². The highest BCUT2D eigenvalue weighted by Crippen LogP contribution is 2.25. The summed E-state index contributed by atoms with van der Waals surface area (Å²) >= 11 is 0. The van der Waals surface area contributed by atoms with Gasteiger partial charge in [0.15, 0.2) is 5.82 Å². The number of amides is 1. The summed E-state index contributed by atoms with van der Waals surface area (Å²) in [5, 5.41) is 11.4. The summed E-state index contributed by atoms with van der Waals surface area (Å²) in [6, 6.07) is 12.0. The van der Waals surface area contributed by atoms with Crippen LogP contribution in [0.5, 0.6) is 0 Å². The highest BCUT2D eigenvalue weighted by atomic mass is 16.1. The van der Waals surface area contributed by atoms with Crippen molar-refractivity contribution < 1.29 is 4.79 Å². The van der Waals surface area contributed by atoms with E-state index in [0.29, 0.717) is 0 Å². The molecule has 3 rings (SSSR count). The van der Waals surface area contributed by atoms with Crippen LogP contribution in [0.2, 0.25) is 0 Å². The zero-order valence-electron chi connectivity index (χ0n) is 13.2. The lowest BCUT2D eigenvalue weighted by molar-refractivity contribution is -0.122. The van der Waals surface area contributed by atoms with E-state index in [4.69, 9.17) is 5.73 Å². The topological polar surface area (TPSA) is 84.1 Å². The molecular formula is C17H21N5O. The van der Waals surface area contributed by atoms with Gasteiger partial charge in [-0.25, -0.2) is 0 Å². The molecule has 0 bridgehead atoms. The second kappa shape index (κ2) is 6.64. The van der Waals surface area contributed by atoms with Crippen molar-refractivity contribution in [2.75, 3.05) is 23.3 Å². The van der Waals surface area contributed by atoms with Crippen LogP contribution in [0.3, 0.4) is 0 Å². The second-order valence-corrected chi connectivity index (χ2v) is 5.90. The molecule has 2 heterocycles. The van der Waals surface area contributed by atoms with Gasteiger partial charge in [0.2, 0.25) is 5.91 Å². The summed E-state index contributed by atoms with van der Waals surface area (Å²) in [5.74, 6) is 0.571. The Morgan fingerprint density at radius 1 is 1.13 bits per heavy atom. The van der Waals surface area contributed by atoms with E-state index in [1.54, 1.807) is 0 Å². The summed E-state index contributed by atoms with van der Waals surface area (Å²) in [4.78, 5) is 13.5. The van der Waals surface area contributed by atoms with Gasteiger partial charge in [-0.1, -0.05) is 0 Å². The van der Waals surface area contributed by atoms with E-state index in [-0.39, 0.29) is 11.8 Å². The molecule has 1 aliphatic rings. The standard InChI is InChI=1S/C17H21N5O/c1-12-2-7-16(21-20-12)19-14-3-5-15(6-4-14)22-10-8-13(9-11-22)17(18)23/h2-7,13H,8-11H2,1H3,(H2,18,23)(H,19,21). The van der Waals surface area contributed by atoms with Crippen molar-refractivity contribution in [1.29, 1.82) is 0 Å². The van der Waals surface area contributed by atoms with E-state index in [0.717, 1.165) is 48.8 Å². The van der Waals surface area contributed by atoms with Gasteiger partial charge in [-0.05, 0) is 56.2 Å². The average Bonchev–Trinajstić information content (AvgIpc) is 2.58. The van der Waals surface area contributed by atoms with Crippen LogP contribution >= 0.6 is 0 Å². The van der Waals surface area contributed by atoms with Crippen molar-refractivity contribution in [2.45, 2.75) is 19.8 Å². The van der Waals surface area contributed by atoms with Crippen LogP contribution in [-0.2, 0) is 4.79 Å². The number of carbonyl (C=O) groups excluding carboxylic acids is 1. The van der Waals surface area contributed by atoms with Gasteiger partial charge in [0.1, 0.15) is 0 Å². The van der Waals surface area contributed by atoms with Crippen molar-refractivity contribution >= 4 is 23.1 Å². The zero-order chi connectivity index (χ0) is 16.2. The van der Waals surface area contributed by atoms with Crippen LogP contribution in [0, 0.1) is 12.8 Å². The first-order valence-corrected chi connectivity index (χ1v) is 7.83. The Balaban J connectivity index is 1.61. The third kappa shape index (κ3) is 3.77. The molecule has 3 N–H and O–H groups in total. The Morgan fingerprint density at radius 2 is 1.83 bits per heavy atom. The van der Waals surface area contributed by atoms with Gasteiger partial charge in [-0.2, -0.15) is 5.10 Å². The fourth-order valence-electron chi connectivity index (χ4n) is 2.79. The molecule has 1 aromatic heterocycles. The first kappa shape index (κ1) is 15.3. The van der Waals surface area contributed by atoms with Crippen LogP contribution in [0.4, 0.5) is 17.2 Å². The number of benzene rings is 1. The zero-order valence-corrected chi connectivity index (χ0v) is 13.2. The molecule has 0 atom stereocenters. The lowest BCUT2D eigenvalue weighted by atomic mass is 9.96. The number of hydrogen-bond acceptors (Lipinski definition) is 5. The summed E-state index contributed by atoms with van der Waals surface area (Å²) in [7, 11) is 0. The quantitative estimate of drug-likeness (QED) is 0.904. The van der Waals surface area contributed by atoms with E-state index in [1.165, 1.54) is 0 Å². The van der Waals surface area contributed by atoms with E-state index in [2.05, 4.69) is 32.5 Å². The maximum atomic E-state index is 11.2. The van der Waals surface area contributed by atoms with Gasteiger partial charge in [-0.15, -0.1) is 5.10 Å². The molecule has 1 amide bonds. The Bertz CT molecular complexity index is 660. The Kier molecular flexibility index (Phi) is 4.41. The van der Waals surface area contributed by atoms with E-state index < -0.39 is 0 Å². The lowest BCUT2D eigenvalue weighted by Crippen LogP contribution is -2.38. The molecular weight excluding hydrogens is 290 g/mol. The Morgan fingerprint density at radius 3 is 2.39 bits per heavy atom. The minimum absolute atomic E-state index is 0.0206. The molecule has 0 radical (unpaired) electrons. The lowest BCUT2D eigenvalue weighted by Gasteiger charge is -2.32. The maximum absolute atomic E-state index is 11.2. The van der Waals surface area contributed by atoms with Crippen LogP contribution in [-0.4, -0.2) is 29.2 Å². The van der Waals surface area contributed by atoms with E-state index in [9.17, 15) is 4.79 Å². The summed E-state index contributed by atoms with van der Waals surface area (Å²) < 4.78 is 0. The molecule has 0 saturated carbocycles. The molecule has 0 unspecified atom stereocenters.